The molecule has 0 aromatic carbocycles. The highest BCUT2D eigenvalue weighted by atomic mass is 19.4. The first-order valence-corrected chi connectivity index (χ1v) is 6.43. The standard InChI is InChI=1S/C12H15F3N4/c13-12(14,15)10-3-4-11(18-17-10)19-6-8-2-1-5-16-9(8)7-19/h3-4,8-9,16H,1-2,5-7H2. The summed E-state index contributed by atoms with van der Waals surface area (Å²) in [6.07, 6.45) is -2.10. The molecule has 0 amide bonds. The van der Waals surface area contributed by atoms with Gasteiger partial charge in [-0.05, 0) is 37.4 Å². The normalized spacial score (nSPS) is 27.4. The summed E-state index contributed by atoms with van der Waals surface area (Å²) >= 11 is 0. The van der Waals surface area contributed by atoms with Crippen LogP contribution >= 0.6 is 0 Å². The minimum Gasteiger partial charge on any atom is -0.353 e. The molecule has 2 atom stereocenters. The number of hydrogen-bond donors (Lipinski definition) is 1. The Hall–Kier alpha value is -1.37. The van der Waals surface area contributed by atoms with Crippen molar-refractivity contribution in [2.24, 2.45) is 5.92 Å². The summed E-state index contributed by atoms with van der Waals surface area (Å²) in [6, 6.07) is 2.84. The van der Waals surface area contributed by atoms with Gasteiger partial charge in [-0.2, -0.15) is 13.2 Å². The van der Waals surface area contributed by atoms with Crippen LogP contribution in [0.5, 0.6) is 0 Å². The van der Waals surface area contributed by atoms with Crippen molar-refractivity contribution in [1.82, 2.24) is 15.5 Å². The maximum Gasteiger partial charge on any atom is 0.435 e. The fourth-order valence-corrected chi connectivity index (χ4v) is 2.88. The Kier molecular flexibility index (Phi) is 3.08. The largest absolute Gasteiger partial charge is 0.435 e. The lowest BCUT2D eigenvalue weighted by atomic mass is 9.94. The van der Waals surface area contributed by atoms with E-state index in [0.717, 1.165) is 32.1 Å². The highest BCUT2D eigenvalue weighted by molar-refractivity contribution is 5.40. The van der Waals surface area contributed by atoms with Crippen molar-refractivity contribution < 1.29 is 13.2 Å². The molecule has 1 N–H and O–H groups in total. The molecule has 0 saturated carbocycles. The maximum absolute atomic E-state index is 12.4. The molecule has 2 aliphatic rings. The third-order valence-corrected chi connectivity index (χ3v) is 3.86. The Morgan fingerprint density at radius 2 is 2.05 bits per heavy atom. The summed E-state index contributed by atoms with van der Waals surface area (Å²) in [6.45, 7) is 2.66. The van der Waals surface area contributed by atoms with Crippen molar-refractivity contribution in [3.8, 4) is 0 Å². The highest BCUT2D eigenvalue weighted by Crippen LogP contribution is 2.30. The van der Waals surface area contributed by atoms with Gasteiger partial charge in [0.15, 0.2) is 11.5 Å². The Morgan fingerprint density at radius 1 is 1.21 bits per heavy atom. The number of hydrogen-bond acceptors (Lipinski definition) is 4. The van der Waals surface area contributed by atoms with E-state index in [0.29, 0.717) is 17.8 Å². The van der Waals surface area contributed by atoms with Crippen LogP contribution < -0.4 is 10.2 Å². The summed E-state index contributed by atoms with van der Waals surface area (Å²) in [7, 11) is 0. The van der Waals surface area contributed by atoms with Gasteiger partial charge in [0, 0.05) is 19.1 Å². The van der Waals surface area contributed by atoms with E-state index in [1.54, 1.807) is 0 Å². The third-order valence-electron chi connectivity index (χ3n) is 3.86. The van der Waals surface area contributed by atoms with Crippen molar-refractivity contribution in [1.29, 1.82) is 0 Å². The first-order valence-electron chi connectivity index (χ1n) is 6.43. The van der Waals surface area contributed by atoms with Crippen LogP contribution in [0.4, 0.5) is 19.0 Å². The second-order valence-electron chi connectivity index (χ2n) is 5.14. The van der Waals surface area contributed by atoms with Gasteiger partial charge in [0.05, 0.1) is 0 Å². The number of piperidine rings is 1. The molecule has 3 rings (SSSR count). The first-order chi connectivity index (χ1) is 9.04. The monoisotopic (exact) mass is 272 g/mol. The van der Waals surface area contributed by atoms with E-state index in [-0.39, 0.29) is 0 Å². The van der Waals surface area contributed by atoms with E-state index in [4.69, 9.17) is 0 Å². The Bertz CT molecular complexity index is 431. The SMILES string of the molecule is FC(F)(F)c1ccc(N2CC3CCCNC3C2)nn1. The number of nitrogens with zero attached hydrogens (tertiary/aromatic N) is 3. The first kappa shape index (κ1) is 12.7. The van der Waals surface area contributed by atoms with Crippen molar-refractivity contribution in [3.63, 3.8) is 0 Å². The van der Waals surface area contributed by atoms with Crippen LogP contribution in [0.25, 0.3) is 0 Å². The molecule has 0 aliphatic carbocycles. The number of aromatic nitrogens is 2. The molecular formula is C12H15F3N4. The van der Waals surface area contributed by atoms with Crippen LogP contribution in [-0.2, 0) is 6.18 Å². The maximum atomic E-state index is 12.4. The summed E-state index contributed by atoms with van der Waals surface area (Å²) in [4.78, 5) is 2.01. The van der Waals surface area contributed by atoms with E-state index < -0.39 is 11.9 Å². The summed E-state index contributed by atoms with van der Waals surface area (Å²) in [5.74, 6) is 1.10. The number of anilines is 1. The summed E-state index contributed by atoms with van der Waals surface area (Å²) < 4.78 is 37.2. The molecule has 1 aromatic rings. The van der Waals surface area contributed by atoms with E-state index in [1.807, 2.05) is 4.90 Å². The Balaban J connectivity index is 1.73. The molecule has 19 heavy (non-hydrogen) atoms. The van der Waals surface area contributed by atoms with Gasteiger partial charge in [-0.15, -0.1) is 10.2 Å². The number of fused-ring (bicyclic) bond motifs is 1. The quantitative estimate of drug-likeness (QED) is 0.844. The summed E-state index contributed by atoms with van der Waals surface area (Å²) in [5.41, 5.74) is -0.939. The van der Waals surface area contributed by atoms with E-state index in [9.17, 15) is 13.2 Å². The molecule has 3 heterocycles. The van der Waals surface area contributed by atoms with Gasteiger partial charge in [0.1, 0.15) is 0 Å². The number of halogens is 3. The molecule has 2 unspecified atom stereocenters. The van der Waals surface area contributed by atoms with E-state index >= 15 is 0 Å². The lowest BCUT2D eigenvalue weighted by molar-refractivity contribution is -0.141. The van der Waals surface area contributed by atoms with Crippen LogP contribution in [0.15, 0.2) is 12.1 Å². The topological polar surface area (TPSA) is 41.0 Å². The van der Waals surface area contributed by atoms with Crippen molar-refractivity contribution in [2.75, 3.05) is 24.5 Å². The van der Waals surface area contributed by atoms with Crippen molar-refractivity contribution >= 4 is 5.82 Å². The molecule has 7 heteroatoms. The second-order valence-corrected chi connectivity index (χ2v) is 5.14. The zero-order valence-corrected chi connectivity index (χ0v) is 10.3. The van der Waals surface area contributed by atoms with Gasteiger partial charge in [-0.1, -0.05) is 0 Å². The molecule has 0 spiro atoms. The molecule has 0 radical (unpaired) electrons. The van der Waals surface area contributed by atoms with Gasteiger partial charge in [-0.25, -0.2) is 0 Å². The van der Waals surface area contributed by atoms with Crippen LogP contribution in [0.2, 0.25) is 0 Å². The number of rotatable bonds is 1. The predicted octanol–water partition coefficient (Wildman–Crippen LogP) is 1.68. The molecule has 2 fully saturated rings. The van der Waals surface area contributed by atoms with Crippen molar-refractivity contribution in [3.05, 3.63) is 17.8 Å². The van der Waals surface area contributed by atoms with E-state index in [1.165, 1.54) is 12.5 Å². The predicted molar refractivity (Wildman–Crippen MR) is 63.8 cm³/mol. The lowest BCUT2D eigenvalue weighted by Gasteiger charge is -2.24. The van der Waals surface area contributed by atoms with Gasteiger partial charge >= 0.3 is 6.18 Å². The van der Waals surface area contributed by atoms with Crippen LogP contribution in [0, 0.1) is 5.92 Å². The average Bonchev–Trinajstić information content (AvgIpc) is 2.81. The molecule has 104 valence electrons. The van der Waals surface area contributed by atoms with Crippen LogP contribution in [0.3, 0.4) is 0 Å². The third kappa shape index (κ3) is 2.51. The molecule has 2 saturated heterocycles. The highest BCUT2D eigenvalue weighted by Gasteiger charge is 2.36. The van der Waals surface area contributed by atoms with E-state index in [2.05, 4.69) is 15.5 Å². The molecular weight excluding hydrogens is 257 g/mol. The summed E-state index contributed by atoms with van der Waals surface area (Å²) in [5, 5.41) is 10.4. The Morgan fingerprint density at radius 3 is 2.68 bits per heavy atom. The average molecular weight is 272 g/mol. The van der Waals surface area contributed by atoms with Gasteiger partial charge < -0.3 is 10.2 Å². The fraction of sp³-hybridized carbons (Fsp3) is 0.667. The number of nitrogens with one attached hydrogen (secondary N) is 1. The van der Waals surface area contributed by atoms with Gasteiger partial charge in [0.2, 0.25) is 0 Å². The van der Waals surface area contributed by atoms with Crippen LogP contribution in [-0.4, -0.2) is 35.9 Å². The van der Waals surface area contributed by atoms with Gasteiger partial charge in [-0.3, -0.25) is 0 Å². The molecule has 1 aromatic heterocycles. The molecule has 4 nitrogen and oxygen atoms in total. The minimum absolute atomic E-state index is 0.429. The zero-order valence-electron chi connectivity index (χ0n) is 10.3. The smallest absolute Gasteiger partial charge is 0.353 e. The fourth-order valence-electron chi connectivity index (χ4n) is 2.88. The van der Waals surface area contributed by atoms with Crippen LogP contribution in [0.1, 0.15) is 18.5 Å². The second kappa shape index (κ2) is 4.63. The van der Waals surface area contributed by atoms with Gasteiger partial charge in [0.25, 0.3) is 0 Å². The lowest BCUT2D eigenvalue weighted by Crippen LogP contribution is -2.40. The molecule has 0 bridgehead atoms. The number of alkyl halides is 3. The Labute approximate surface area is 109 Å². The molecule has 2 aliphatic heterocycles. The minimum atomic E-state index is -4.42. The zero-order chi connectivity index (χ0) is 13.5. The van der Waals surface area contributed by atoms with Crippen molar-refractivity contribution in [2.45, 2.75) is 25.1 Å².